The number of hydrogen-bond acceptors (Lipinski definition) is 3. The molecule has 8 rings (SSSR count). The van der Waals surface area contributed by atoms with Gasteiger partial charge in [0, 0.05) is 22.5 Å². The molecule has 0 bridgehead atoms. The topological polar surface area (TPSA) is 88.9 Å². The minimum absolute atomic E-state index is 0.217. The summed E-state index contributed by atoms with van der Waals surface area (Å²) in [6.07, 6.45) is 1.80. The summed E-state index contributed by atoms with van der Waals surface area (Å²) in [5.74, 6) is 0.217. The van der Waals surface area contributed by atoms with Crippen LogP contribution in [0.1, 0.15) is 11.1 Å². The minimum Gasteiger partial charge on any atom is -0.456 e. The van der Waals surface area contributed by atoms with Crippen molar-refractivity contribution in [3.63, 3.8) is 0 Å². The van der Waals surface area contributed by atoms with Gasteiger partial charge in [0.25, 0.3) is 0 Å². The van der Waals surface area contributed by atoms with Gasteiger partial charge in [-0.15, -0.1) is 0 Å². The molecule has 0 aliphatic heterocycles. The summed E-state index contributed by atoms with van der Waals surface area (Å²) in [5.41, 5.74) is 12.7. The Kier molecular flexibility index (Phi) is 7.29. The zero-order valence-corrected chi connectivity index (χ0v) is 25.8. The van der Waals surface area contributed by atoms with Gasteiger partial charge in [-0.1, -0.05) is 103 Å². The van der Waals surface area contributed by atoms with Crippen molar-refractivity contribution in [2.24, 2.45) is 4.99 Å². The molecule has 8 aromatic rings. The molecule has 0 amide bonds. The Bertz CT molecular complexity index is 2530. The van der Waals surface area contributed by atoms with Gasteiger partial charge in [-0.25, -0.2) is 4.99 Å². The maximum atomic E-state index is 9.15. The highest BCUT2D eigenvalue weighted by atomic mass is 16.3. The molecule has 6 aromatic carbocycles. The number of nitrogens with one attached hydrogen (secondary N) is 2. The predicted octanol–water partition coefficient (Wildman–Crippen LogP) is 10.4. The van der Waals surface area contributed by atoms with Gasteiger partial charge in [0.05, 0.1) is 11.6 Å². The first kappa shape index (κ1) is 28.7. The van der Waals surface area contributed by atoms with Crippen LogP contribution in [0.15, 0.2) is 167 Å². The summed E-state index contributed by atoms with van der Waals surface area (Å²) in [6.45, 7) is 0. The van der Waals surface area contributed by atoms with Crippen LogP contribution in [0.2, 0.25) is 0 Å². The van der Waals surface area contributed by atoms with Gasteiger partial charge in [-0.05, 0) is 93.0 Å². The molecule has 48 heavy (non-hydrogen) atoms. The second kappa shape index (κ2) is 12.2. The predicted molar refractivity (Wildman–Crippen MR) is 193 cm³/mol. The Labute approximate surface area is 277 Å². The second-order valence-electron chi connectivity index (χ2n) is 11.7. The van der Waals surface area contributed by atoms with Crippen molar-refractivity contribution in [1.82, 2.24) is 4.98 Å². The highest BCUT2D eigenvalue weighted by molar-refractivity contribution is 6.07. The average Bonchev–Trinajstić information content (AvgIpc) is 3.53. The molecule has 0 unspecified atom stereocenters. The van der Waals surface area contributed by atoms with Crippen LogP contribution < -0.4 is 5.49 Å². The number of furan rings is 1. The van der Waals surface area contributed by atoms with Crippen LogP contribution >= 0.6 is 0 Å². The van der Waals surface area contributed by atoms with E-state index in [0.717, 1.165) is 72.0 Å². The zero-order valence-electron chi connectivity index (χ0n) is 25.8. The molecule has 0 spiro atoms. The molecule has 0 saturated heterocycles. The third kappa shape index (κ3) is 5.60. The van der Waals surface area contributed by atoms with Crippen molar-refractivity contribution in [2.75, 3.05) is 0 Å². The van der Waals surface area contributed by atoms with Crippen LogP contribution in [0.25, 0.3) is 66.4 Å². The number of nitrogens with zero attached hydrogens (tertiary/aromatic N) is 2. The number of fused-ring (bicyclic) bond motifs is 3. The highest BCUT2D eigenvalue weighted by Crippen LogP contribution is 2.36. The standard InChI is InChI=1S/C43H28N4O/c44-27-28-4-6-33(7-5-28)36-20-22-40-38(25-36)39-26-37(21-23-41(39)48-40)34-14-12-31(13-15-34)29-8-10-30(11-9-29)32-16-18-35(19-17-32)43(45)47-42-3-1-2-24-46-42/h1-26H,(H2,45,46,47). The van der Waals surface area contributed by atoms with E-state index in [9.17, 15) is 0 Å². The van der Waals surface area contributed by atoms with E-state index in [0.29, 0.717) is 11.1 Å². The molecule has 5 heteroatoms. The van der Waals surface area contributed by atoms with Crippen LogP contribution in [0.5, 0.6) is 0 Å². The molecule has 0 saturated carbocycles. The van der Waals surface area contributed by atoms with E-state index in [4.69, 9.17) is 15.1 Å². The number of H-pyrrole nitrogens is 1. The Hall–Kier alpha value is -6.77. The Morgan fingerprint density at radius 2 is 0.979 bits per heavy atom. The third-order valence-electron chi connectivity index (χ3n) is 8.67. The van der Waals surface area contributed by atoms with E-state index in [1.165, 1.54) is 0 Å². The minimum atomic E-state index is 0.217. The van der Waals surface area contributed by atoms with Gasteiger partial charge >= 0.3 is 0 Å². The normalized spacial score (nSPS) is 11.5. The molecule has 0 fully saturated rings. The molecule has 0 aliphatic rings. The lowest BCUT2D eigenvalue weighted by atomic mass is 9.97. The zero-order chi connectivity index (χ0) is 32.5. The van der Waals surface area contributed by atoms with Crippen molar-refractivity contribution in [1.29, 1.82) is 10.7 Å². The number of aromatic amines is 1. The van der Waals surface area contributed by atoms with Crippen molar-refractivity contribution in [2.45, 2.75) is 0 Å². The molecule has 0 radical (unpaired) electrons. The van der Waals surface area contributed by atoms with E-state index in [-0.39, 0.29) is 5.84 Å². The van der Waals surface area contributed by atoms with Crippen LogP contribution in [0.4, 0.5) is 0 Å². The first-order chi connectivity index (χ1) is 23.6. The van der Waals surface area contributed by atoms with Crippen molar-refractivity contribution < 1.29 is 4.42 Å². The molecule has 2 aromatic heterocycles. The summed E-state index contributed by atoms with van der Waals surface area (Å²) in [5, 5.41) is 19.6. The number of amidine groups is 1. The van der Waals surface area contributed by atoms with Crippen molar-refractivity contribution >= 4 is 27.8 Å². The average molecular weight is 617 g/mol. The largest absolute Gasteiger partial charge is 0.456 e. The monoisotopic (exact) mass is 616 g/mol. The second-order valence-corrected chi connectivity index (χ2v) is 11.7. The molecule has 2 heterocycles. The molecule has 2 N–H and O–H groups in total. The first-order valence-corrected chi connectivity index (χ1v) is 15.7. The van der Waals surface area contributed by atoms with Gasteiger partial charge < -0.3 is 9.40 Å². The summed E-state index contributed by atoms with van der Waals surface area (Å²) < 4.78 is 6.17. The fraction of sp³-hybridized carbons (Fsp3) is 0. The number of rotatable bonds is 5. The summed E-state index contributed by atoms with van der Waals surface area (Å²) >= 11 is 0. The van der Waals surface area contributed by atoms with Gasteiger partial charge in [-0.3, -0.25) is 5.41 Å². The van der Waals surface area contributed by atoms with Crippen LogP contribution in [0, 0.1) is 16.7 Å². The van der Waals surface area contributed by atoms with Crippen molar-refractivity contribution in [3.8, 4) is 50.6 Å². The number of benzene rings is 6. The van der Waals surface area contributed by atoms with Gasteiger partial charge in [0.1, 0.15) is 16.7 Å². The lowest BCUT2D eigenvalue weighted by Gasteiger charge is -2.08. The van der Waals surface area contributed by atoms with Gasteiger partial charge in [-0.2, -0.15) is 5.26 Å². The number of pyridine rings is 1. The van der Waals surface area contributed by atoms with Crippen molar-refractivity contribution in [3.05, 3.63) is 174 Å². The van der Waals surface area contributed by atoms with Gasteiger partial charge in [0.15, 0.2) is 5.84 Å². The summed E-state index contributed by atoms with van der Waals surface area (Å²) in [6, 6.07) is 53.3. The van der Waals surface area contributed by atoms with E-state index >= 15 is 0 Å². The van der Waals surface area contributed by atoms with Crippen LogP contribution in [-0.2, 0) is 0 Å². The number of hydrogen-bond donors (Lipinski definition) is 2. The molecule has 0 atom stereocenters. The maximum absolute atomic E-state index is 9.15. The molecule has 0 aliphatic carbocycles. The molecular formula is C43H28N4O. The van der Waals surface area contributed by atoms with Crippen LogP contribution in [0.3, 0.4) is 0 Å². The summed E-state index contributed by atoms with van der Waals surface area (Å²) in [4.78, 5) is 7.40. The fourth-order valence-corrected chi connectivity index (χ4v) is 6.04. The maximum Gasteiger partial charge on any atom is 0.154 e. The molecule has 5 nitrogen and oxygen atoms in total. The number of aromatic nitrogens is 1. The smallest absolute Gasteiger partial charge is 0.154 e. The Morgan fingerprint density at radius 1 is 0.542 bits per heavy atom. The lowest BCUT2D eigenvalue weighted by molar-refractivity contribution is 0.669. The van der Waals surface area contributed by atoms with E-state index in [2.05, 4.69) is 88.8 Å². The summed E-state index contributed by atoms with van der Waals surface area (Å²) in [7, 11) is 0. The Balaban J connectivity index is 1.01. The molecule has 226 valence electrons. The lowest BCUT2D eigenvalue weighted by Crippen LogP contribution is -2.09. The Morgan fingerprint density at radius 3 is 1.44 bits per heavy atom. The van der Waals surface area contributed by atoms with E-state index in [1.807, 2.05) is 78.9 Å². The third-order valence-corrected chi connectivity index (χ3v) is 8.67. The van der Waals surface area contributed by atoms with E-state index in [1.54, 1.807) is 6.20 Å². The molecular weight excluding hydrogens is 589 g/mol. The quantitative estimate of drug-likeness (QED) is 0.149. The number of nitriles is 1. The van der Waals surface area contributed by atoms with Crippen LogP contribution in [-0.4, -0.2) is 10.8 Å². The van der Waals surface area contributed by atoms with E-state index < -0.39 is 0 Å². The SMILES string of the molecule is N#Cc1ccc(-c2ccc3oc4ccc(-c5ccc(-c6ccc(-c7ccc(C(=N)/N=c8/cccc[nH]8)cc7)cc6)cc5)cc4c3c2)cc1. The highest BCUT2D eigenvalue weighted by Gasteiger charge is 2.11. The van der Waals surface area contributed by atoms with Gasteiger partial charge in [0.2, 0.25) is 0 Å². The first-order valence-electron chi connectivity index (χ1n) is 15.7. The fourth-order valence-electron chi connectivity index (χ4n) is 6.04.